The van der Waals surface area contributed by atoms with Gasteiger partial charge in [0.1, 0.15) is 11.7 Å². The van der Waals surface area contributed by atoms with Crippen LogP contribution in [0, 0.1) is 40.4 Å². The highest BCUT2D eigenvalue weighted by atomic mass is 16.5. The first-order valence-electron chi connectivity index (χ1n) is 13.2. The molecule has 0 aliphatic heterocycles. The molecule has 2 unspecified atom stereocenters. The smallest absolute Gasteiger partial charge is 0.105 e. The summed E-state index contributed by atoms with van der Waals surface area (Å²) in [6, 6.07) is 0. The van der Waals surface area contributed by atoms with Gasteiger partial charge < -0.3 is 14.9 Å². The molecule has 4 rings (SSSR count). The van der Waals surface area contributed by atoms with E-state index in [-0.39, 0.29) is 11.5 Å². The van der Waals surface area contributed by atoms with Crippen molar-refractivity contribution in [3.05, 3.63) is 11.6 Å². The summed E-state index contributed by atoms with van der Waals surface area (Å²) in [7, 11) is 1.73. The molecular formula is C28H48O3. The van der Waals surface area contributed by atoms with E-state index in [9.17, 15) is 10.2 Å². The molecule has 4 aliphatic rings. The minimum absolute atomic E-state index is 0.195. The van der Waals surface area contributed by atoms with E-state index in [0.29, 0.717) is 23.7 Å². The van der Waals surface area contributed by atoms with E-state index in [1.54, 1.807) is 12.7 Å². The first-order chi connectivity index (χ1) is 14.6. The highest BCUT2D eigenvalue weighted by Crippen LogP contribution is 2.67. The Morgan fingerprint density at radius 3 is 2.45 bits per heavy atom. The zero-order valence-corrected chi connectivity index (χ0v) is 21.0. The molecule has 9 atom stereocenters. The Balaban J connectivity index is 1.61. The summed E-state index contributed by atoms with van der Waals surface area (Å²) in [5.41, 5.74) is 0.835. The molecule has 0 saturated heterocycles. The molecule has 178 valence electrons. The molecule has 3 fully saturated rings. The van der Waals surface area contributed by atoms with Crippen molar-refractivity contribution in [2.75, 3.05) is 7.11 Å². The van der Waals surface area contributed by atoms with Gasteiger partial charge in [-0.1, -0.05) is 65.5 Å². The molecular weight excluding hydrogens is 384 g/mol. The monoisotopic (exact) mass is 432 g/mol. The lowest BCUT2D eigenvalue weighted by atomic mass is 9.45. The van der Waals surface area contributed by atoms with Crippen molar-refractivity contribution in [3.8, 4) is 0 Å². The lowest BCUT2D eigenvalue weighted by Crippen LogP contribution is -2.65. The van der Waals surface area contributed by atoms with Crippen molar-refractivity contribution in [1.29, 1.82) is 0 Å². The molecule has 3 saturated carbocycles. The van der Waals surface area contributed by atoms with Gasteiger partial charge in [-0.2, -0.15) is 0 Å². The average molecular weight is 433 g/mol. The standard InChI is InChI=1S/C28H48O3/c1-18(2)8-7-9-19(3)22-10-11-23-21-16-25(31-6)28(30)17-20(29)12-15-27(28,5)24(21)13-14-26(22,23)4/h16,18-20,22-25,29-30H,7-15,17H2,1-6H3/t19-,20+,22-,23?,24?,25-,26-,27-,28+/m1/s1. The highest BCUT2D eigenvalue weighted by Gasteiger charge is 2.65. The molecule has 0 radical (unpaired) electrons. The minimum atomic E-state index is -0.955. The van der Waals surface area contributed by atoms with Crippen LogP contribution in [0.15, 0.2) is 11.6 Å². The third-order valence-corrected chi connectivity index (χ3v) is 10.7. The fraction of sp³-hybridized carbons (Fsp3) is 0.929. The van der Waals surface area contributed by atoms with Crippen molar-refractivity contribution in [2.24, 2.45) is 40.4 Å². The Hall–Kier alpha value is -0.380. The van der Waals surface area contributed by atoms with E-state index in [1.807, 2.05) is 0 Å². The molecule has 0 bridgehead atoms. The van der Waals surface area contributed by atoms with Gasteiger partial charge in [0.25, 0.3) is 0 Å². The second-order valence-corrected chi connectivity index (χ2v) is 12.7. The second kappa shape index (κ2) is 8.44. The van der Waals surface area contributed by atoms with Crippen LogP contribution in [0.4, 0.5) is 0 Å². The van der Waals surface area contributed by atoms with Gasteiger partial charge in [0.15, 0.2) is 0 Å². The predicted octanol–water partition coefficient (Wildman–Crippen LogP) is 6.13. The third kappa shape index (κ3) is 3.66. The molecule has 31 heavy (non-hydrogen) atoms. The zero-order valence-electron chi connectivity index (χ0n) is 21.0. The Kier molecular flexibility index (Phi) is 6.47. The van der Waals surface area contributed by atoms with Crippen molar-refractivity contribution in [3.63, 3.8) is 0 Å². The van der Waals surface area contributed by atoms with Crippen LogP contribution in [0.3, 0.4) is 0 Å². The normalized spacial score (nSPS) is 48.0. The zero-order chi connectivity index (χ0) is 22.6. The average Bonchev–Trinajstić information content (AvgIpc) is 3.05. The summed E-state index contributed by atoms with van der Waals surface area (Å²) >= 11 is 0. The molecule has 3 heteroatoms. The van der Waals surface area contributed by atoms with Gasteiger partial charge >= 0.3 is 0 Å². The van der Waals surface area contributed by atoms with Crippen molar-refractivity contribution in [2.45, 2.75) is 117 Å². The van der Waals surface area contributed by atoms with Gasteiger partial charge in [0.2, 0.25) is 0 Å². The molecule has 2 N–H and O–H groups in total. The molecule has 0 aromatic rings. The largest absolute Gasteiger partial charge is 0.393 e. The van der Waals surface area contributed by atoms with E-state index < -0.39 is 11.7 Å². The summed E-state index contributed by atoms with van der Waals surface area (Å²) in [6.45, 7) is 12.1. The molecule has 0 spiro atoms. The Labute approximate surface area is 191 Å². The van der Waals surface area contributed by atoms with Gasteiger partial charge in [-0.15, -0.1) is 0 Å². The fourth-order valence-corrected chi connectivity index (χ4v) is 8.81. The van der Waals surface area contributed by atoms with Crippen LogP contribution in [-0.2, 0) is 4.74 Å². The van der Waals surface area contributed by atoms with Gasteiger partial charge in [0.05, 0.1) is 6.10 Å². The summed E-state index contributed by atoms with van der Waals surface area (Å²) in [6.07, 6.45) is 12.9. The maximum Gasteiger partial charge on any atom is 0.105 e. The van der Waals surface area contributed by atoms with Gasteiger partial charge in [0, 0.05) is 18.9 Å². The number of ether oxygens (including phenoxy) is 1. The number of aliphatic hydroxyl groups excluding tert-OH is 1. The summed E-state index contributed by atoms with van der Waals surface area (Å²) in [5.74, 6) is 3.49. The lowest BCUT2D eigenvalue weighted by Gasteiger charge is -2.62. The quantitative estimate of drug-likeness (QED) is 0.497. The number of aliphatic hydroxyl groups is 2. The van der Waals surface area contributed by atoms with Crippen molar-refractivity contribution in [1.82, 2.24) is 0 Å². The summed E-state index contributed by atoms with van der Waals surface area (Å²) in [4.78, 5) is 0. The number of fused-ring (bicyclic) bond motifs is 5. The number of rotatable bonds is 6. The predicted molar refractivity (Wildman–Crippen MR) is 127 cm³/mol. The van der Waals surface area contributed by atoms with E-state index in [1.165, 1.54) is 44.9 Å². The number of methoxy groups -OCH3 is 1. The van der Waals surface area contributed by atoms with Gasteiger partial charge in [-0.25, -0.2) is 0 Å². The Morgan fingerprint density at radius 1 is 1.03 bits per heavy atom. The van der Waals surface area contributed by atoms with Gasteiger partial charge in [-0.3, -0.25) is 0 Å². The van der Waals surface area contributed by atoms with Crippen LogP contribution in [0.25, 0.3) is 0 Å². The molecule has 0 aromatic carbocycles. The van der Waals surface area contributed by atoms with Gasteiger partial charge in [-0.05, 0) is 73.5 Å². The maximum absolute atomic E-state index is 11.9. The summed E-state index contributed by atoms with van der Waals surface area (Å²) in [5, 5.41) is 22.3. The highest BCUT2D eigenvalue weighted by molar-refractivity contribution is 5.33. The van der Waals surface area contributed by atoms with Crippen LogP contribution in [0.5, 0.6) is 0 Å². The van der Waals surface area contributed by atoms with Crippen LogP contribution >= 0.6 is 0 Å². The Bertz CT molecular complexity index is 686. The lowest BCUT2D eigenvalue weighted by molar-refractivity contribution is -0.216. The van der Waals surface area contributed by atoms with Crippen molar-refractivity contribution < 1.29 is 14.9 Å². The second-order valence-electron chi connectivity index (χ2n) is 12.7. The SMILES string of the molecule is CO[C@@H]1C=C2C3CC[C@H]([C@H](C)CCCC(C)C)[C@@]3(C)CCC2[C@@]2(C)CC[C@H](O)C[C@]12O. The van der Waals surface area contributed by atoms with E-state index in [2.05, 4.69) is 40.7 Å². The van der Waals surface area contributed by atoms with E-state index in [0.717, 1.165) is 30.6 Å². The molecule has 0 heterocycles. The molecule has 0 aromatic heterocycles. The van der Waals surface area contributed by atoms with Crippen LogP contribution in [0.1, 0.15) is 98.8 Å². The Morgan fingerprint density at radius 2 is 1.77 bits per heavy atom. The van der Waals surface area contributed by atoms with E-state index >= 15 is 0 Å². The summed E-state index contributed by atoms with van der Waals surface area (Å²) < 4.78 is 5.92. The topological polar surface area (TPSA) is 49.7 Å². The fourth-order valence-electron chi connectivity index (χ4n) is 8.81. The molecule has 4 aliphatic carbocycles. The van der Waals surface area contributed by atoms with Crippen LogP contribution in [-0.4, -0.2) is 35.1 Å². The first kappa shape index (κ1) is 23.8. The molecule has 3 nitrogen and oxygen atoms in total. The number of hydrogen-bond donors (Lipinski definition) is 2. The maximum atomic E-state index is 11.9. The molecule has 0 amide bonds. The number of allylic oxidation sites excluding steroid dienone is 1. The third-order valence-electron chi connectivity index (χ3n) is 10.7. The van der Waals surface area contributed by atoms with Crippen molar-refractivity contribution >= 4 is 0 Å². The minimum Gasteiger partial charge on any atom is -0.393 e. The van der Waals surface area contributed by atoms with Crippen LogP contribution in [0.2, 0.25) is 0 Å². The van der Waals surface area contributed by atoms with E-state index in [4.69, 9.17) is 4.74 Å². The van der Waals surface area contributed by atoms with Crippen LogP contribution < -0.4 is 0 Å². The first-order valence-corrected chi connectivity index (χ1v) is 13.2. The number of hydrogen-bond acceptors (Lipinski definition) is 3.